The molecule has 1 aliphatic rings. The molecule has 5 nitrogen and oxygen atoms in total. The predicted octanol–water partition coefficient (Wildman–Crippen LogP) is -0.0825. The Labute approximate surface area is 89.4 Å². The van der Waals surface area contributed by atoms with E-state index in [1.807, 2.05) is 0 Å². The zero-order valence-electron chi connectivity index (χ0n) is 9.41. The number of carbonyl (C=O) groups is 2. The molecule has 0 aromatic rings. The molecule has 1 rings (SSSR count). The van der Waals surface area contributed by atoms with Crippen LogP contribution >= 0.6 is 0 Å². The highest BCUT2D eigenvalue weighted by molar-refractivity contribution is 5.88. The molecule has 1 amide bonds. The lowest BCUT2D eigenvalue weighted by molar-refractivity contribution is -0.148. The second-order valence-electron chi connectivity index (χ2n) is 4.57. The Kier molecular flexibility index (Phi) is 3.34. The van der Waals surface area contributed by atoms with E-state index in [4.69, 9.17) is 5.11 Å². The molecule has 1 aliphatic carbocycles. The monoisotopic (exact) mass is 214 g/mol. The number of rotatable bonds is 5. The van der Waals surface area contributed by atoms with Gasteiger partial charge in [0, 0.05) is 0 Å². The first-order chi connectivity index (χ1) is 6.86. The number of carbonyl (C=O) groups excluding carboxylic acids is 1. The van der Waals surface area contributed by atoms with Crippen molar-refractivity contribution in [1.82, 2.24) is 10.2 Å². The van der Waals surface area contributed by atoms with E-state index in [2.05, 4.69) is 5.32 Å². The molecule has 0 radical (unpaired) electrons. The molecule has 1 unspecified atom stereocenters. The summed E-state index contributed by atoms with van der Waals surface area (Å²) in [6.45, 7) is 1.80. The summed E-state index contributed by atoms with van der Waals surface area (Å²) in [5, 5.41) is 11.7. The third-order valence-corrected chi connectivity index (χ3v) is 2.70. The Morgan fingerprint density at radius 3 is 2.33 bits per heavy atom. The van der Waals surface area contributed by atoms with Gasteiger partial charge in [-0.2, -0.15) is 0 Å². The minimum Gasteiger partial charge on any atom is -0.480 e. The smallest absolute Gasteiger partial charge is 0.329 e. The van der Waals surface area contributed by atoms with Crippen molar-refractivity contribution in [2.75, 3.05) is 20.6 Å². The lowest BCUT2D eigenvalue weighted by atomic mass is 9.96. The molecule has 0 bridgehead atoms. The minimum atomic E-state index is -1.09. The van der Waals surface area contributed by atoms with Gasteiger partial charge in [0.15, 0.2) is 0 Å². The van der Waals surface area contributed by atoms with Gasteiger partial charge < -0.3 is 15.3 Å². The van der Waals surface area contributed by atoms with Crippen LogP contribution in [0.15, 0.2) is 0 Å². The van der Waals surface area contributed by atoms with Crippen LogP contribution in [-0.4, -0.2) is 48.1 Å². The predicted molar refractivity (Wildman–Crippen MR) is 55.5 cm³/mol. The maximum absolute atomic E-state index is 11.5. The molecule has 1 fully saturated rings. The average Bonchev–Trinajstić information content (AvgIpc) is 2.82. The molecule has 0 heterocycles. The molecular weight excluding hydrogens is 196 g/mol. The second-order valence-corrected chi connectivity index (χ2v) is 4.57. The van der Waals surface area contributed by atoms with Crippen molar-refractivity contribution in [3.8, 4) is 0 Å². The summed E-state index contributed by atoms with van der Waals surface area (Å²) >= 11 is 0. The van der Waals surface area contributed by atoms with Crippen LogP contribution in [0.1, 0.15) is 19.8 Å². The quantitative estimate of drug-likeness (QED) is 0.671. The van der Waals surface area contributed by atoms with Crippen LogP contribution < -0.4 is 5.32 Å². The van der Waals surface area contributed by atoms with Gasteiger partial charge in [-0.05, 0) is 39.8 Å². The Morgan fingerprint density at radius 1 is 1.47 bits per heavy atom. The van der Waals surface area contributed by atoms with Gasteiger partial charge >= 0.3 is 5.97 Å². The standard InChI is InChI=1S/C10H18N2O3/c1-10(9(14)15,7-4-5-7)11-8(13)6-12(2)3/h7H,4-6H2,1-3H3,(H,11,13)(H,14,15). The van der Waals surface area contributed by atoms with E-state index < -0.39 is 11.5 Å². The number of amides is 1. The lowest BCUT2D eigenvalue weighted by Gasteiger charge is -2.26. The summed E-state index contributed by atoms with van der Waals surface area (Å²) in [5.74, 6) is -1.10. The van der Waals surface area contributed by atoms with Gasteiger partial charge in [0.05, 0.1) is 6.54 Å². The highest BCUT2D eigenvalue weighted by Gasteiger charge is 2.48. The molecule has 0 aliphatic heterocycles. The van der Waals surface area contributed by atoms with Crippen molar-refractivity contribution in [3.63, 3.8) is 0 Å². The van der Waals surface area contributed by atoms with Gasteiger partial charge in [0.2, 0.25) is 5.91 Å². The number of likely N-dealkylation sites (N-methyl/N-ethyl adjacent to an activating group) is 1. The number of carboxylic acids is 1. The normalized spacial score (nSPS) is 19.7. The van der Waals surface area contributed by atoms with E-state index in [-0.39, 0.29) is 18.4 Å². The summed E-state index contributed by atoms with van der Waals surface area (Å²) in [4.78, 5) is 24.3. The molecule has 2 N–H and O–H groups in total. The lowest BCUT2D eigenvalue weighted by Crippen LogP contribution is -2.55. The van der Waals surface area contributed by atoms with E-state index >= 15 is 0 Å². The number of hydrogen-bond acceptors (Lipinski definition) is 3. The van der Waals surface area contributed by atoms with Crippen molar-refractivity contribution in [3.05, 3.63) is 0 Å². The molecule has 1 saturated carbocycles. The van der Waals surface area contributed by atoms with Crippen LogP contribution in [0.3, 0.4) is 0 Å². The number of aliphatic carboxylic acids is 1. The van der Waals surface area contributed by atoms with Crippen molar-refractivity contribution in [2.45, 2.75) is 25.3 Å². The highest BCUT2D eigenvalue weighted by atomic mass is 16.4. The molecule has 0 spiro atoms. The summed E-state index contributed by atoms with van der Waals surface area (Å²) in [5.41, 5.74) is -1.09. The Hall–Kier alpha value is -1.10. The van der Waals surface area contributed by atoms with Crippen LogP contribution in [0.4, 0.5) is 0 Å². The summed E-state index contributed by atoms with van der Waals surface area (Å²) < 4.78 is 0. The van der Waals surface area contributed by atoms with Gasteiger partial charge in [-0.1, -0.05) is 0 Å². The van der Waals surface area contributed by atoms with Crippen LogP contribution in [0.5, 0.6) is 0 Å². The van der Waals surface area contributed by atoms with E-state index in [0.717, 1.165) is 12.8 Å². The maximum atomic E-state index is 11.5. The zero-order chi connectivity index (χ0) is 11.6. The third-order valence-electron chi connectivity index (χ3n) is 2.70. The third kappa shape index (κ3) is 2.92. The van der Waals surface area contributed by atoms with Crippen molar-refractivity contribution in [2.24, 2.45) is 5.92 Å². The second kappa shape index (κ2) is 4.18. The molecule has 0 aromatic carbocycles. The first-order valence-electron chi connectivity index (χ1n) is 5.05. The average molecular weight is 214 g/mol. The molecule has 5 heteroatoms. The number of nitrogens with zero attached hydrogens (tertiary/aromatic N) is 1. The molecular formula is C10H18N2O3. The summed E-state index contributed by atoms with van der Waals surface area (Å²) in [6.07, 6.45) is 1.76. The first-order valence-corrected chi connectivity index (χ1v) is 5.05. The van der Waals surface area contributed by atoms with Crippen LogP contribution in [0.25, 0.3) is 0 Å². The maximum Gasteiger partial charge on any atom is 0.329 e. The largest absolute Gasteiger partial charge is 0.480 e. The Bertz CT molecular complexity index is 274. The number of hydrogen-bond donors (Lipinski definition) is 2. The molecule has 86 valence electrons. The van der Waals surface area contributed by atoms with Gasteiger partial charge in [-0.15, -0.1) is 0 Å². The van der Waals surface area contributed by atoms with E-state index in [1.165, 1.54) is 0 Å². The minimum absolute atomic E-state index is 0.0844. The van der Waals surface area contributed by atoms with E-state index in [1.54, 1.807) is 25.9 Å². The number of nitrogens with one attached hydrogen (secondary N) is 1. The van der Waals surface area contributed by atoms with E-state index in [9.17, 15) is 9.59 Å². The van der Waals surface area contributed by atoms with Crippen molar-refractivity contribution < 1.29 is 14.7 Å². The fraction of sp³-hybridized carbons (Fsp3) is 0.800. The van der Waals surface area contributed by atoms with Crippen molar-refractivity contribution in [1.29, 1.82) is 0 Å². The Morgan fingerprint density at radius 2 is 2.00 bits per heavy atom. The van der Waals surface area contributed by atoms with Gasteiger partial charge in [-0.25, -0.2) is 4.79 Å². The molecule has 15 heavy (non-hydrogen) atoms. The fourth-order valence-corrected chi connectivity index (χ4v) is 1.61. The van der Waals surface area contributed by atoms with Gasteiger partial charge in [0.1, 0.15) is 5.54 Å². The Balaban J connectivity index is 2.59. The molecule has 1 atom stereocenters. The zero-order valence-corrected chi connectivity index (χ0v) is 9.41. The van der Waals surface area contributed by atoms with Crippen LogP contribution in [0, 0.1) is 5.92 Å². The van der Waals surface area contributed by atoms with Crippen LogP contribution in [0.2, 0.25) is 0 Å². The highest BCUT2D eigenvalue weighted by Crippen LogP contribution is 2.39. The summed E-state index contributed by atoms with van der Waals surface area (Å²) in [7, 11) is 3.55. The van der Waals surface area contributed by atoms with Gasteiger partial charge in [0.25, 0.3) is 0 Å². The molecule has 0 saturated heterocycles. The van der Waals surface area contributed by atoms with E-state index in [0.29, 0.717) is 0 Å². The van der Waals surface area contributed by atoms with Crippen molar-refractivity contribution >= 4 is 11.9 Å². The number of carboxylic acid groups (broad SMARTS) is 1. The summed E-state index contributed by atoms with van der Waals surface area (Å²) in [6, 6.07) is 0. The topological polar surface area (TPSA) is 69.6 Å². The molecule has 0 aromatic heterocycles. The van der Waals surface area contributed by atoms with Crippen LogP contribution in [-0.2, 0) is 9.59 Å². The fourth-order valence-electron chi connectivity index (χ4n) is 1.61. The van der Waals surface area contributed by atoms with Gasteiger partial charge in [-0.3, -0.25) is 4.79 Å². The first kappa shape index (κ1) is 12.0. The SMILES string of the molecule is CN(C)CC(=O)NC(C)(C(=O)O)C1CC1.